The standard InChI is InChI=1S/C14H17NO3S/c1-9(2)18-6-5-13-15-11-4-3-10(8-14(16)17)7-12(11)19-13/h3-4,7,9H,5-6,8H2,1-2H3,(H,16,17). The highest BCUT2D eigenvalue weighted by atomic mass is 32.1. The Balaban J connectivity index is 2.09. The van der Waals surface area contributed by atoms with Gasteiger partial charge in [-0.05, 0) is 31.5 Å². The monoisotopic (exact) mass is 279 g/mol. The fourth-order valence-corrected chi connectivity index (χ4v) is 2.80. The van der Waals surface area contributed by atoms with Crippen LogP contribution in [0.25, 0.3) is 10.2 Å². The van der Waals surface area contributed by atoms with Crippen molar-refractivity contribution in [2.24, 2.45) is 0 Å². The van der Waals surface area contributed by atoms with Gasteiger partial charge in [0.15, 0.2) is 0 Å². The lowest BCUT2D eigenvalue weighted by Crippen LogP contribution is -2.05. The van der Waals surface area contributed by atoms with E-state index in [2.05, 4.69) is 4.98 Å². The SMILES string of the molecule is CC(C)OCCc1nc2ccc(CC(=O)O)cc2s1. The van der Waals surface area contributed by atoms with Crippen LogP contribution < -0.4 is 0 Å². The molecule has 5 heteroatoms. The number of carboxylic acid groups (broad SMARTS) is 1. The second-order valence-corrected chi connectivity index (χ2v) is 5.76. The number of fused-ring (bicyclic) bond motifs is 1. The summed E-state index contributed by atoms with van der Waals surface area (Å²) in [5.41, 5.74) is 1.74. The number of hydrogen-bond donors (Lipinski definition) is 1. The zero-order chi connectivity index (χ0) is 13.8. The molecule has 2 aromatic rings. The molecule has 0 unspecified atom stereocenters. The number of aromatic nitrogens is 1. The highest BCUT2D eigenvalue weighted by Gasteiger charge is 2.07. The van der Waals surface area contributed by atoms with Gasteiger partial charge >= 0.3 is 5.97 Å². The van der Waals surface area contributed by atoms with Crippen LogP contribution in [0.3, 0.4) is 0 Å². The van der Waals surface area contributed by atoms with Crippen molar-refractivity contribution in [1.29, 1.82) is 0 Å². The molecule has 0 aliphatic heterocycles. The summed E-state index contributed by atoms with van der Waals surface area (Å²) in [5, 5.41) is 9.81. The highest BCUT2D eigenvalue weighted by Crippen LogP contribution is 2.24. The van der Waals surface area contributed by atoms with E-state index in [1.54, 1.807) is 11.3 Å². The first-order valence-electron chi connectivity index (χ1n) is 6.26. The van der Waals surface area contributed by atoms with Gasteiger partial charge in [-0.3, -0.25) is 4.79 Å². The highest BCUT2D eigenvalue weighted by molar-refractivity contribution is 7.18. The summed E-state index contributed by atoms with van der Waals surface area (Å²) >= 11 is 1.61. The third-order valence-electron chi connectivity index (χ3n) is 2.62. The van der Waals surface area contributed by atoms with E-state index >= 15 is 0 Å². The summed E-state index contributed by atoms with van der Waals surface area (Å²) in [5.74, 6) is -0.811. The number of carboxylic acids is 1. The second kappa shape index (κ2) is 6.12. The molecule has 1 heterocycles. The molecule has 2 rings (SSSR count). The van der Waals surface area contributed by atoms with Crippen molar-refractivity contribution in [3.05, 3.63) is 28.8 Å². The average molecular weight is 279 g/mol. The first kappa shape index (κ1) is 14.0. The Kier molecular flexibility index (Phi) is 4.50. The maximum absolute atomic E-state index is 10.7. The Morgan fingerprint density at radius 2 is 2.26 bits per heavy atom. The van der Waals surface area contributed by atoms with Gasteiger partial charge in [-0.2, -0.15) is 0 Å². The molecule has 19 heavy (non-hydrogen) atoms. The molecule has 0 atom stereocenters. The summed E-state index contributed by atoms with van der Waals surface area (Å²) in [6.45, 7) is 4.69. The molecule has 0 bridgehead atoms. The Labute approximate surface area is 116 Å². The number of benzene rings is 1. The lowest BCUT2D eigenvalue weighted by Gasteiger charge is -2.04. The number of ether oxygens (including phenoxy) is 1. The predicted octanol–water partition coefficient (Wildman–Crippen LogP) is 2.89. The van der Waals surface area contributed by atoms with Crippen molar-refractivity contribution in [3.63, 3.8) is 0 Å². The van der Waals surface area contributed by atoms with E-state index in [1.807, 2.05) is 32.0 Å². The Morgan fingerprint density at radius 3 is 2.95 bits per heavy atom. The summed E-state index contributed by atoms with van der Waals surface area (Å²) in [6.07, 6.45) is 1.09. The van der Waals surface area contributed by atoms with Crippen LogP contribution in [0.4, 0.5) is 0 Å². The second-order valence-electron chi connectivity index (χ2n) is 4.65. The van der Waals surface area contributed by atoms with Crippen LogP contribution in [0, 0.1) is 0 Å². The molecule has 0 spiro atoms. The number of rotatable bonds is 6. The van der Waals surface area contributed by atoms with Crippen LogP contribution in [0.5, 0.6) is 0 Å². The lowest BCUT2D eigenvalue weighted by molar-refractivity contribution is -0.136. The zero-order valence-corrected chi connectivity index (χ0v) is 11.9. The molecule has 0 aliphatic rings. The van der Waals surface area contributed by atoms with E-state index in [1.165, 1.54) is 0 Å². The minimum absolute atomic E-state index is 0.0552. The third kappa shape index (κ3) is 4.01. The summed E-state index contributed by atoms with van der Waals surface area (Å²) in [4.78, 5) is 15.2. The van der Waals surface area contributed by atoms with Crippen molar-refractivity contribution >= 4 is 27.5 Å². The van der Waals surface area contributed by atoms with Crippen LogP contribution in [-0.2, 0) is 22.4 Å². The molecular weight excluding hydrogens is 262 g/mol. The quantitative estimate of drug-likeness (QED) is 0.883. The number of thiazole rings is 1. The Bertz CT molecular complexity index is 577. The zero-order valence-electron chi connectivity index (χ0n) is 11.0. The van der Waals surface area contributed by atoms with E-state index in [-0.39, 0.29) is 12.5 Å². The van der Waals surface area contributed by atoms with Gasteiger partial charge in [0.1, 0.15) is 0 Å². The fourth-order valence-electron chi connectivity index (χ4n) is 1.79. The van der Waals surface area contributed by atoms with Gasteiger partial charge in [0.05, 0.1) is 34.4 Å². The van der Waals surface area contributed by atoms with Gasteiger partial charge in [-0.25, -0.2) is 4.98 Å². The summed E-state index contributed by atoms with van der Waals surface area (Å²) in [6, 6.07) is 5.62. The minimum Gasteiger partial charge on any atom is -0.481 e. The minimum atomic E-state index is -0.811. The first-order valence-corrected chi connectivity index (χ1v) is 7.08. The Hall–Kier alpha value is -1.46. The van der Waals surface area contributed by atoms with E-state index in [9.17, 15) is 4.79 Å². The number of hydrogen-bond acceptors (Lipinski definition) is 4. The van der Waals surface area contributed by atoms with Crippen molar-refractivity contribution < 1.29 is 14.6 Å². The maximum Gasteiger partial charge on any atom is 0.307 e. The molecule has 1 N–H and O–H groups in total. The van der Waals surface area contributed by atoms with Gasteiger partial charge in [-0.1, -0.05) is 6.07 Å². The van der Waals surface area contributed by atoms with Crippen molar-refractivity contribution in [1.82, 2.24) is 4.98 Å². The molecule has 0 radical (unpaired) electrons. The molecule has 0 saturated heterocycles. The largest absolute Gasteiger partial charge is 0.481 e. The van der Waals surface area contributed by atoms with Crippen LogP contribution in [0.15, 0.2) is 18.2 Å². The van der Waals surface area contributed by atoms with Gasteiger partial charge in [0, 0.05) is 6.42 Å². The van der Waals surface area contributed by atoms with Crippen LogP contribution in [0.1, 0.15) is 24.4 Å². The third-order valence-corrected chi connectivity index (χ3v) is 3.70. The van der Waals surface area contributed by atoms with Gasteiger partial charge < -0.3 is 9.84 Å². The van der Waals surface area contributed by atoms with Crippen LogP contribution >= 0.6 is 11.3 Å². The summed E-state index contributed by atoms with van der Waals surface area (Å²) in [7, 11) is 0. The van der Waals surface area contributed by atoms with E-state index in [0.29, 0.717) is 6.61 Å². The molecule has 1 aromatic carbocycles. The fraction of sp³-hybridized carbons (Fsp3) is 0.429. The number of carbonyl (C=O) groups is 1. The molecular formula is C14H17NO3S. The first-order chi connectivity index (χ1) is 9.04. The topological polar surface area (TPSA) is 59.4 Å². The Morgan fingerprint density at radius 1 is 1.47 bits per heavy atom. The summed E-state index contributed by atoms with van der Waals surface area (Å²) < 4.78 is 6.55. The molecule has 4 nitrogen and oxygen atoms in total. The molecule has 102 valence electrons. The normalized spacial score (nSPS) is 11.3. The molecule has 0 fully saturated rings. The van der Waals surface area contributed by atoms with Crippen LogP contribution in [-0.4, -0.2) is 28.8 Å². The van der Waals surface area contributed by atoms with Crippen molar-refractivity contribution in [2.75, 3.05) is 6.61 Å². The van der Waals surface area contributed by atoms with E-state index in [0.717, 1.165) is 27.2 Å². The van der Waals surface area contributed by atoms with Crippen molar-refractivity contribution in [3.8, 4) is 0 Å². The van der Waals surface area contributed by atoms with Gasteiger partial charge in [0.2, 0.25) is 0 Å². The van der Waals surface area contributed by atoms with Crippen LogP contribution in [0.2, 0.25) is 0 Å². The molecule has 1 aromatic heterocycles. The predicted molar refractivity (Wildman–Crippen MR) is 75.8 cm³/mol. The lowest BCUT2D eigenvalue weighted by atomic mass is 10.1. The maximum atomic E-state index is 10.7. The van der Waals surface area contributed by atoms with Crippen molar-refractivity contribution in [2.45, 2.75) is 32.8 Å². The van der Waals surface area contributed by atoms with Gasteiger partial charge in [0.25, 0.3) is 0 Å². The smallest absolute Gasteiger partial charge is 0.307 e. The number of aliphatic carboxylic acids is 1. The molecule has 0 aliphatic carbocycles. The van der Waals surface area contributed by atoms with E-state index < -0.39 is 5.97 Å². The number of nitrogens with zero attached hydrogens (tertiary/aromatic N) is 1. The van der Waals surface area contributed by atoms with E-state index in [4.69, 9.17) is 9.84 Å². The molecule has 0 saturated carbocycles. The average Bonchev–Trinajstić information content (AvgIpc) is 2.69. The molecule has 0 amide bonds. The van der Waals surface area contributed by atoms with Gasteiger partial charge in [-0.15, -0.1) is 11.3 Å².